The standard InChI is InChI=1S/C12H20N4O/c1-16-8-10(7-15-16)12(17)14-6-9-4-2-3-5-11(9)13/h7-9,11H,2-6,13H2,1H3,(H,14,17). The van der Waals surface area contributed by atoms with E-state index in [1.165, 1.54) is 12.8 Å². The topological polar surface area (TPSA) is 72.9 Å². The van der Waals surface area contributed by atoms with E-state index in [1.54, 1.807) is 24.1 Å². The highest BCUT2D eigenvalue weighted by atomic mass is 16.1. The van der Waals surface area contributed by atoms with E-state index in [4.69, 9.17) is 5.73 Å². The van der Waals surface area contributed by atoms with Crippen LogP contribution in [-0.2, 0) is 7.05 Å². The van der Waals surface area contributed by atoms with E-state index in [0.717, 1.165) is 12.8 Å². The normalized spacial score (nSPS) is 24.6. The minimum atomic E-state index is -0.0594. The highest BCUT2D eigenvalue weighted by Gasteiger charge is 2.22. The zero-order valence-corrected chi connectivity index (χ0v) is 10.2. The molecule has 1 heterocycles. The summed E-state index contributed by atoms with van der Waals surface area (Å²) in [4.78, 5) is 11.8. The van der Waals surface area contributed by atoms with Crippen LogP contribution < -0.4 is 11.1 Å². The fourth-order valence-electron chi connectivity index (χ4n) is 2.35. The van der Waals surface area contributed by atoms with Gasteiger partial charge in [0.2, 0.25) is 0 Å². The average molecular weight is 236 g/mol. The molecular formula is C12H20N4O. The van der Waals surface area contributed by atoms with Crippen LogP contribution >= 0.6 is 0 Å². The van der Waals surface area contributed by atoms with E-state index in [-0.39, 0.29) is 11.9 Å². The molecular weight excluding hydrogens is 216 g/mol. The second kappa shape index (κ2) is 5.31. The zero-order chi connectivity index (χ0) is 12.3. The molecule has 0 aliphatic heterocycles. The maximum Gasteiger partial charge on any atom is 0.254 e. The Morgan fingerprint density at radius 3 is 3.00 bits per heavy atom. The van der Waals surface area contributed by atoms with Crippen LogP contribution in [0.15, 0.2) is 12.4 Å². The lowest BCUT2D eigenvalue weighted by atomic mass is 9.85. The number of carbonyl (C=O) groups excluding carboxylic acids is 1. The molecule has 3 N–H and O–H groups in total. The molecule has 0 radical (unpaired) electrons. The molecule has 5 nitrogen and oxygen atoms in total. The maximum absolute atomic E-state index is 11.8. The molecule has 94 valence electrons. The van der Waals surface area contributed by atoms with Gasteiger partial charge < -0.3 is 11.1 Å². The molecule has 1 aliphatic carbocycles. The maximum atomic E-state index is 11.8. The van der Waals surface area contributed by atoms with Crippen LogP contribution in [0, 0.1) is 5.92 Å². The third-order valence-corrected chi connectivity index (χ3v) is 3.46. The van der Waals surface area contributed by atoms with Gasteiger partial charge in [0.15, 0.2) is 0 Å². The second-order valence-electron chi connectivity index (χ2n) is 4.82. The van der Waals surface area contributed by atoms with Gasteiger partial charge in [0.1, 0.15) is 0 Å². The number of hydrogen-bond acceptors (Lipinski definition) is 3. The SMILES string of the molecule is Cn1cc(C(=O)NCC2CCCCC2N)cn1. The van der Waals surface area contributed by atoms with Crippen molar-refractivity contribution < 1.29 is 4.79 Å². The van der Waals surface area contributed by atoms with Crippen molar-refractivity contribution in [2.75, 3.05) is 6.54 Å². The van der Waals surface area contributed by atoms with Crippen LogP contribution in [0.4, 0.5) is 0 Å². The van der Waals surface area contributed by atoms with Crippen molar-refractivity contribution in [3.63, 3.8) is 0 Å². The second-order valence-corrected chi connectivity index (χ2v) is 4.82. The number of rotatable bonds is 3. The molecule has 2 atom stereocenters. The van der Waals surface area contributed by atoms with Crippen LogP contribution in [0.5, 0.6) is 0 Å². The van der Waals surface area contributed by atoms with E-state index in [9.17, 15) is 4.79 Å². The Morgan fingerprint density at radius 2 is 2.35 bits per heavy atom. The van der Waals surface area contributed by atoms with Gasteiger partial charge in [0.05, 0.1) is 11.8 Å². The Balaban J connectivity index is 1.83. The molecule has 0 bridgehead atoms. The fraction of sp³-hybridized carbons (Fsp3) is 0.667. The van der Waals surface area contributed by atoms with Gasteiger partial charge in [-0.25, -0.2) is 0 Å². The fourth-order valence-corrected chi connectivity index (χ4v) is 2.35. The van der Waals surface area contributed by atoms with Crippen molar-refractivity contribution >= 4 is 5.91 Å². The molecule has 0 spiro atoms. The van der Waals surface area contributed by atoms with Gasteiger partial charge in [-0.3, -0.25) is 9.48 Å². The monoisotopic (exact) mass is 236 g/mol. The molecule has 1 aromatic heterocycles. The van der Waals surface area contributed by atoms with Crippen LogP contribution in [-0.4, -0.2) is 28.3 Å². The zero-order valence-electron chi connectivity index (χ0n) is 10.2. The van der Waals surface area contributed by atoms with Gasteiger partial charge in [0.25, 0.3) is 5.91 Å². The first-order valence-electron chi connectivity index (χ1n) is 6.19. The summed E-state index contributed by atoms with van der Waals surface area (Å²) >= 11 is 0. The van der Waals surface area contributed by atoms with E-state index < -0.39 is 0 Å². The van der Waals surface area contributed by atoms with E-state index >= 15 is 0 Å². The van der Waals surface area contributed by atoms with Crippen LogP contribution in [0.1, 0.15) is 36.0 Å². The van der Waals surface area contributed by atoms with Crippen molar-refractivity contribution in [3.8, 4) is 0 Å². The first-order chi connectivity index (χ1) is 8.16. The molecule has 1 aromatic rings. The highest BCUT2D eigenvalue weighted by molar-refractivity contribution is 5.93. The first-order valence-corrected chi connectivity index (χ1v) is 6.19. The number of aryl methyl sites for hydroxylation is 1. The van der Waals surface area contributed by atoms with Crippen LogP contribution in [0.3, 0.4) is 0 Å². The Bertz CT molecular complexity index is 388. The molecule has 1 saturated carbocycles. The van der Waals surface area contributed by atoms with Gasteiger partial charge in [-0.15, -0.1) is 0 Å². The number of hydrogen-bond donors (Lipinski definition) is 2. The molecule has 17 heavy (non-hydrogen) atoms. The number of nitrogens with zero attached hydrogens (tertiary/aromatic N) is 2. The van der Waals surface area contributed by atoms with Crippen molar-refractivity contribution in [2.24, 2.45) is 18.7 Å². The Kier molecular flexibility index (Phi) is 3.78. The molecule has 0 saturated heterocycles. The van der Waals surface area contributed by atoms with E-state index in [0.29, 0.717) is 18.0 Å². The van der Waals surface area contributed by atoms with Gasteiger partial charge in [0, 0.05) is 25.8 Å². The largest absolute Gasteiger partial charge is 0.352 e. The summed E-state index contributed by atoms with van der Waals surface area (Å²) in [5.74, 6) is 0.361. The van der Waals surface area contributed by atoms with E-state index in [1.807, 2.05) is 0 Å². The summed E-state index contributed by atoms with van der Waals surface area (Å²) in [6, 6.07) is 0.234. The quantitative estimate of drug-likeness (QED) is 0.810. The summed E-state index contributed by atoms with van der Waals surface area (Å²) in [5, 5.41) is 6.92. The van der Waals surface area contributed by atoms with Crippen molar-refractivity contribution in [1.29, 1.82) is 0 Å². The third-order valence-electron chi connectivity index (χ3n) is 3.46. The lowest BCUT2D eigenvalue weighted by Crippen LogP contribution is -2.41. The summed E-state index contributed by atoms with van der Waals surface area (Å²) in [5.41, 5.74) is 6.65. The molecule has 2 rings (SSSR count). The Hall–Kier alpha value is -1.36. The van der Waals surface area contributed by atoms with Gasteiger partial charge >= 0.3 is 0 Å². The molecule has 5 heteroatoms. The number of nitrogens with one attached hydrogen (secondary N) is 1. The Labute approximate surface area is 101 Å². The molecule has 1 aliphatic rings. The molecule has 1 fully saturated rings. The van der Waals surface area contributed by atoms with Crippen molar-refractivity contribution in [1.82, 2.24) is 15.1 Å². The number of nitrogens with two attached hydrogens (primary N) is 1. The van der Waals surface area contributed by atoms with Crippen LogP contribution in [0.25, 0.3) is 0 Å². The van der Waals surface area contributed by atoms with Gasteiger partial charge in [-0.05, 0) is 18.8 Å². The lowest BCUT2D eigenvalue weighted by molar-refractivity contribution is 0.0941. The predicted molar refractivity (Wildman–Crippen MR) is 65.5 cm³/mol. The summed E-state index contributed by atoms with van der Waals surface area (Å²) < 4.78 is 1.63. The highest BCUT2D eigenvalue weighted by Crippen LogP contribution is 2.22. The minimum absolute atomic E-state index is 0.0594. The minimum Gasteiger partial charge on any atom is -0.352 e. The van der Waals surface area contributed by atoms with Crippen molar-refractivity contribution in [2.45, 2.75) is 31.7 Å². The smallest absolute Gasteiger partial charge is 0.254 e. The first kappa shape index (κ1) is 12.1. The summed E-state index contributed by atoms with van der Waals surface area (Å²) in [7, 11) is 1.80. The van der Waals surface area contributed by atoms with E-state index in [2.05, 4.69) is 10.4 Å². The number of carbonyl (C=O) groups is 1. The summed E-state index contributed by atoms with van der Waals surface area (Å²) in [6.45, 7) is 0.675. The average Bonchev–Trinajstić information content (AvgIpc) is 2.74. The number of amides is 1. The predicted octanol–water partition coefficient (Wildman–Crippen LogP) is 0.667. The number of aromatic nitrogens is 2. The lowest BCUT2D eigenvalue weighted by Gasteiger charge is -2.28. The molecule has 2 unspecified atom stereocenters. The third kappa shape index (κ3) is 3.06. The summed E-state index contributed by atoms with van der Waals surface area (Å²) in [6.07, 6.45) is 7.93. The van der Waals surface area contributed by atoms with Crippen molar-refractivity contribution in [3.05, 3.63) is 18.0 Å². The molecule has 1 amide bonds. The van der Waals surface area contributed by atoms with Crippen LogP contribution in [0.2, 0.25) is 0 Å². The van der Waals surface area contributed by atoms with Gasteiger partial charge in [-0.2, -0.15) is 5.10 Å². The van der Waals surface area contributed by atoms with Gasteiger partial charge in [-0.1, -0.05) is 12.8 Å². The Morgan fingerprint density at radius 1 is 1.59 bits per heavy atom. The molecule has 0 aromatic carbocycles.